The number of fused-ring (bicyclic) bond motifs is 7. The Morgan fingerprint density at radius 2 is 1.02 bits per heavy atom. The van der Waals surface area contributed by atoms with Gasteiger partial charge in [-0.05, 0) is 131 Å². The van der Waals surface area contributed by atoms with Gasteiger partial charge < -0.3 is 4.42 Å². The summed E-state index contributed by atoms with van der Waals surface area (Å²) in [6.45, 7) is 0. The Bertz CT molecular complexity index is 3500. The summed E-state index contributed by atoms with van der Waals surface area (Å²) < 4.78 is 6.56. The van der Waals surface area contributed by atoms with Crippen molar-refractivity contribution in [2.45, 2.75) is 6.42 Å². The zero-order valence-electron chi connectivity index (χ0n) is 33.9. The SMILES string of the molecule is C(=C(\c1ccc(-c2cc3ccccc3c3ccccc23)cc1)c1ccc(-c2c3c(cc4oc(-c5ccccc5)nc24)-c2ccccc2C3)cc1)/c1ccccc1-c1ccccc1. The van der Waals surface area contributed by atoms with E-state index in [0.717, 1.165) is 50.9 Å². The molecule has 2 heteroatoms. The van der Waals surface area contributed by atoms with E-state index in [1.54, 1.807) is 0 Å². The molecule has 0 aliphatic heterocycles. The van der Waals surface area contributed by atoms with Crippen LogP contribution in [-0.4, -0.2) is 4.98 Å². The quantitative estimate of drug-likeness (QED) is 0.119. The molecule has 0 fully saturated rings. The number of rotatable bonds is 7. The second-order valence-corrected chi connectivity index (χ2v) is 16.2. The van der Waals surface area contributed by atoms with Crippen LogP contribution in [-0.2, 0) is 6.42 Å². The Kier molecular flexibility index (Phi) is 8.60. The fourth-order valence-corrected chi connectivity index (χ4v) is 9.60. The number of hydrogen-bond acceptors (Lipinski definition) is 2. The Morgan fingerprint density at radius 1 is 0.435 bits per heavy atom. The van der Waals surface area contributed by atoms with Crippen molar-refractivity contribution < 1.29 is 4.42 Å². The van der Waals surface area contributed by atoms with E-state index < -0.39 is 0 Å². The van der Waals surface area contributed by atoms with Crippen LogP contribution >= 0.6 is 0 Å². The molecule has 1 aromatic heterocycles. The molecule has 12 rings (SSSR count). The number of oxazole rings is 1. The van der Waals surface area contributed by atoms with Crippen LogP contribution in [0.3, 0.4) is 0 Å². The first kappa shape index (κ1) is 35.8. The van der Waals surface area contributed by atoms with Gasteiger partial charge in [-0.3, -0.25) is 0 Å². The van der Waals surface area contributed by atoms with Crippen molar-refractivity contribution in [3.63, 3.8) is 0 Å². The Morgan fingerprint density at radius 3 is 1.77 bits per heavy atom. The number of nitrogens with zero attached hydrogens (tertiary/aromatic N) is 1. The van der Waals surface area contributed by atoms with E-state index in [2.05, 4.69) is 206 Å². The van der Waals surface area contributed by atoms with E-state index in [0.29, 0.717) is 5.89 Å². The maximum Gasteiger partial charge on any atom is 0.227 e. The van der Waals surface area contributed by atoms with E-state index in [1.165, 1.54) is 71.6 Å². The van der Waals surface area contributed by atoms with Gasteiger partial charge in [0.15, 0.2) is 5.58 Å². The molecule has 1 heterocycles. The van der Waals surface area contributed by atoms with Crippen molar-refractivity contribution in [1.29, 1.82) is 0 Å². The lowest BCUT2D eigenvalue weighted by Crippen LogP contribution is -1.93. The minimum Gasteiger partial charge on any atom is -0.436 e. The largest absolute Gasteiger partial charge is 0.436 e. The van der Waals surface area contributed by atoms with Gasteiger partial charge in [0.05, 0.1) is 0 Å². The molecule has 0 amide bonds. The van der Waals surface area contributed by atoms with Gasteiger partial charge in [0.1, 0.15) is 5.52 Å². The monoisotopic (exact) mass is 789 g/mol. The average Bonchev–Trinajstić information content (AvgIpc) is 3.95. The van der Waals surface area contributed by atoms with Gasteiger partial charge in [0.2, 0.25) is 5.89 Å². The molecule has 0 unspecified atom stereocenters. The van der Waals surface area contributed by atoms with Crippen molar-refractivity contribution >= 4 is 44.3 Å². The maximum atomic E-state index is 6.56. The van der Waals surface area contributed by atoms with E-state index in [4.69, 9.17) is 9.40 Å². The summed E-state index contributed by atoms with van der Waals surface area (Å²) in [5, 5.41) is 5.06. The second kappa shape index (κ2) is 14.9. The molecule has 10 aromatic carbocycles. The number of aromatic nitrogens is 1. The summed E-state index contributed by atoms with van der Waals surface area (Å²) in [5.41, 5.74) is 19.5. The van der Waals surface area contributed by atoms with Gasteiger partial charge in [-0.25, -0.2) is 4.98 Å². The summed E-state index contributed by atoms with van der Waals surface area (Å²) in [4.78, 5) is 5.19. The molecule has 11 aromatic rings. The normalized spacial score (nSPS) is 12.2. The van der Waals surface area contributed by atoms with E-state index in [-0.39, 0.29) is 0 Å². The van der Waals surface area contributed by atoms with Crippen molar-refractivity contribution in [2.24, 2.45) is 0 Å². The predicted octanol–water partition coefficient (Wildman–Crippen LogP) is 16.0. The van der Waals surface area contributed by atoms with Crippen LogP contribution in [0.4, 0.5) is 0 Å². The van der Waals surface area contributed by atoms with E-state index in [1.807, 2.05) is 18.2 Å². The first-order chi connectivity index (χ1) is 30.7. The average molecular weight is 790 g/mol. The van der Waals surface area contributed by atoms with Crippen molar-refractivity contribution in [3.05, 3.63) is 246 Å². The molecular formula is C60H39NO. The third-order valence-electron chi connectivity index (χ3n) is 12.6. The molecule has 0 saturated carbocycles. The van der Waals surface area contributed by atoms with Crippen LogP contribution in [0.15, 0.2) is 223 Å². The van der Waals surface area contributed by atoms with Crippen LogP contribution in [0.5, 0.6) is 0 Å². The fraction of sp³-hybridized carbons (Fsp3) is 0.0167. The summed E-state index contributed by atoms with van der Waals surface area (Å²) in [5.74, 6) is 0.637. The topological polar surface area (TPSA) is 26.0 Å². The standard InChI is InChI=1S/C60H39NO/c1-3-15-39(16-4-1)48-22-10-7-19-45(48)35-53(40-27-29-42(30-28-40)54-36-46-20-8-11-23-49(46)51-25-13-14-26-52(51)54)41-31-33-43(34-32-41)58-56-37-47-21-9-12-24-50(47)55(56)38-57-59(58)61-60(62-57)44-17-5-2-6-18-44/h1-36,38H,37H2/b53-35-. The zero-order chi connectivity index (χ0) is 41.0. The highest BCUT2D eigenvalue weighted by molar-refractivity contribution is 6.14. The lowest BCUT2D eigenvalue weighted by Gasteiger charge is -2.15. The lowest BCUT2D eigenvalue weighted by molar-refractivity contribution is 0.620. The minimum atomic E-state index is 0.637. The van der Waals surface area contributed by atoms with Crippen LogP contribution in [0.25, 0.3) is 100 Å². The van der Waals surface area contributed by atoms with Gasteiger partial charge in [-0.1, -0.05) is 194 Å². The molecular weight excluding hydrogens is 751 g/mol. The van der Waals surface area contributed by atoms with Gasteiger partial charge in [0, 0.05) is 11.1 Å². The molecule has 0 N–H and O–H groups in total. The number of hydrogen-bond donors (Lipinski definition) is 0. The van der Waals surface area contributed by atoms with Gasteiger partial charge in [-0.15, -0.1) is 0 Å². The molecule has 0 saturated heterocycles. The Labute approximate surface area is 360 Å². The smallest absolute Gasteiger partial charge is 0.227 e. The van der Waals surface area contributed by atoms with Gasteiger partial charge >= 0.3 is 0 Å². The zero-order valence-corrected chi connectivity index (χ0v) is 33.9. The van der Waals surface area contributed by atoms with Crippen LogP contribution in [0.2, 0.25) is 0 Å². The molecule has 0 bridgehead atoms. The van der Waals surface area contributed by atoms with Crippen LogP contribution < -0.4 is 0 Å². The number of benzene rings is 10. The van der Waals surface area contributed by atoms with Crippen molar-refractivity contribution in [1.82, 2.24) is 4.98 Å². The highest BCUT2D eigenvalue weighted by Gasteiger charge is 2.27. The molecule has 290 valence electrons. The predicted molar refractivity (Wildman–Crippen MR) is 259 cm³/mol. The minimum absolute atomic E-state index is 0.637. The highest BCUT2D eigenvalue weighted by atomic mass is 16.3. The summed E-state index contributed by atoms with van der Waals surface area (Å²) in [7, 11) is 0. The van der Waals surface area contributed by atoms with E-state index in [9.17, 15) is 0 Å². The second-order valence-electron chi connectivity index (χ2n) is 16.2. The third-order valence-corrected chi connectivity index (χ3v) is 12.6. The van der Waals surface area contributed by atoms with Gasteiger partial charge in [-0.2, -0.15) is 0 Å². The molecule has 0 spiro atoms. The molecule has 62 heavy (non-hydrogen) atoms. The fourth-order valence-electron chi connectivity index (χ4n) is 9.60. The lowest BCUT2D eigenvalue weighted by atomic mass is 9.89. The Hall–Kier alpha value is -8.07. The molecule has 2 nitrogen and oxygen atoms in total. The Balaban J connectivity index is 1.01. The maximum absolute atomic E-state index is 6.56. The highest BCUT2D eigenvalue weighted by Crippen LogP contribution is 2.47. The summed E-state index contributed by atoms with van der Waals surface area (Å²) in [6.07, 6.45) is 3.21. The summed E-state index contributed by atoms with van der Waals surface area (Å²) >= 11 is 0. The van der Waals surface area contributed by atoms with Crippen LogP contribution in [0, 0.1) is 0 Å². The van der Waals surface area contributed by atoms with Crippen molar-refractivity contribution in [2.75, 3.05) is 0 Å². The summed E-state index contributed by atoms with van der Waals surface area (Å²) in [6, 6.07) is 78.5. The van der Waals surface area contributed by atoms with Crippen LogP contribution in [0.1, 0.15) is 27.8 Å². The van der Waals surface area contributed by atoms with Crippen molar-refractivity contribution in [3.8, 4) is 56.0 Å². The third kappa shape index (κ3) is 6.16. The first-order valence-electron chi connectivity index (χ1n) is 21.3. The molecule has 1 aliphatic carbocycles. The molecule has 0 radical (unpaired) electrons. The molecule has 0 atom stereocenters. The first-order valence-corrected chi connectivity index (χ1v) is 21.3. The molecule has 1 aliphatic rings. The van der Waals surface area contributed by atoms with Gasteiger partial charge in [0.25, 0.3) is 0 Å². The van der Waals surface area contributed by atoms with E-state index >= 15 is 0 Å².